The number of aromatic nitrogens is 5. The average Bonchev–Trinajstić information content (AvgIpc) is 2.98. The zero-order valence-corrected chi connectivity index (χ0v) is 12.0. The molecule has 112 valence electrons. The van der Waals surface area contributed by atoms with Gasteiger partial charge < -0.3 is 10.6 Å². The fourth-order valence-corrected chi connectivity index (χ4v) is 2.05. The number of aryl methyl sites for hydroxylation is 1. The third kappa shape index (κ3) is 2.85. The maximum atomic E-state index is 12.2. The lowest BCUT2D eigenvalue weighted by molar-refractivity contribution is 0.0943. The van der Waals surface area contributed by atoms with Gasteiger partial charge in [-0.2, -0.15) is 5.10 Å². The molecule has 3 aromatic rings. The largest absolute Gasteiger partial charge is 0.367 e. The van der Waals surface area contributed by atoms with Crippen LogP contribution in [0.15, 0.2) is 36.7 Å². The van der Waals surface area contributed by atoms with Gasteiger partial charge in [-0.15, -0.1) is 15.3 Å². The number of nitrogens with zero attached hydrogens (tertiary/aromatic N) is 5. The Morgan fingerprint density at radius 2 is 2.09 bits per heavy atom. The van der Waals surface area contributed by atoms with Crippen LogP contribution in [0.25, 0.3) is 5.65 Å². The molecule has 0 aromatic carbocycles. The molecule has 0 saturated heterocycles. The molecular formula is C14H15N7O. The van der Waals surface area contributed by atoms with Gasteiger partial charge in [0.05, 0.1) is 0 Å². The number of anilines is 1. The maximum Gasteiger partial charge on any atom is 0.289 e. The van der Waals surface area contributed by atoms with Gasteiger partial charge in [-0.3, -0.25) is 9.20 Å². The summed E-state index contributed by atoms with van der Waals surface area (Å²) in [4.78, 5) is 12.2. The molecule has 3 rings (SSSR count). The number of carbonyl (C=O) groups is 1. The van der Waals surface area contributed by atoms with Crippen molar-refractivity contribution in [2.75, 3.05) is 18.4 Å². The van der Waals surface area contributed by atoms with Crippen LogP contribution in [0, 0.1) is 6.92 Å². The second kappa shape index (κ2) is 6.17. The molecule has 0 unspecified atom stereocenters. The average molecular weight is 297 g/mol. The van der Waals surface area contributed by atoms with Crippen LogP contribution in [0.3, 0.4) is 0 Å². The first-order chi connectivity index (χ1) is 10.8. The second-order valence-corrected chi connectivity index (χ2v) is 4.70. The molecule has 8 nitrogen and oxygen atoms in total. The summed E-state index contributed by atoms with van der Waals surface area (Å²) in [5.74, 6) is 0.678. The molecule has 3 aromatic heterocycles. The van der Waals surface area contributed by atoms with E-state index in [4.69, 9.17) is 0 Å². The van der Waals surface area contributed by atoms with Crippen molar-refractivity contribution in [3.05, 3.63) is 48.0 Å². The predicted molar refractivity (Wildman–Crippen MR) is 80.6 cm³/mol. The number of carbonyl (C=O) groups excluding carboxylic acids is 1. The van der Waals surface area contributed by atoms with Gasteiger partial charge in [-0.05, 0) is 30.7 Å². The van der Waals surface area contributed by atoms with Gasteiger partial charge in [0.1, 0.15) is 5.82 Å². The highest BCUT2D eigenvalue weighted by Crippen LogP contribution is 2.08. The Morgan fingerprint density at radius 3 is 2.91 bits per heavy atom. The summed E-state index contributed by atoms with van der Waals surface area (Å²) in [6.45, 7) is 2.91. The molecule has 0 bridgehead atoms. The molecule has 0 fully saturated rings. The van der Waals surface area contributed by atoms with E-state index in [0.717, 1.165) is 5.56 Å². The van der Waals surface area contributed by atoms with Crippen LogP contribution in [-0.2, 0) is 0 Å². The van der Waals surface area contributed by atoms with Crippen molar-refractivity contribution >= 4 is 17.4 Å². The van der Waals surface area contributed by atoms with E-state index < -0.39 is 0 Å². The van der Waals surface area contributed by atoms with Gasteiger partial charge in [0.15, 0.2) is 5.65 Å². The number of hydrogen-bond acceptors (Lipinski definition) is 6. The highest BCUT2D eigenvalue weighted by molar-refractivity contribution is 5.91. The third-order valence-electron chi connectivity index (χ3n) is 3.12. The van der Waals surface area contributed by atoms with Crippen LogP contribution in [-0.4, -0.2) is 43.8 Å². The van der Waals surface area contributed by atoms with Crippen molar-refractivity contribution in [3.8, 4) is 0 Å². The van der Waals surface area contributed by atoms with Crippen molar-refractivity contribution in [2.24, 2.45) is 0 Å². The van der Waals surface area contributed by atoms with Crippen molar-refractivity contribution in [3.63, 3.8) is 0 Å². The predicted octanol–water partition coefficient (Wildman–Crippen LogP) is 0.670. The third-order valence-corrected chi connectivity index (χ3v) is 3.12. The maximum absolute atomic E-state index is 12.2. The van der Waals surface area contributed by atoms with Gasteiger partial charge >= 0.3 is 0 Å². The fourth-order valence-electron chi connectivity index (χ4n) is 2.05. The monoisotopic (exact) mass is 297 g/mol. The Kier molecular flexibility index (Phi) is 3.90. The summed E-state index contributed by atoms with van der Waals surface area (Å²) in [6.07, 6.45) is 3.38. The molecule has 0 aliphatic heterocycles. The topological polar surface area (TPSA) is 97.1 Å². The van der Waals surface area contributed by atoms with E-state index in [1.54, 1.807) is 22.9 Å². The second-order valence-electron chi connectivity index (χ2n) is 4.70. The van der Waals surface area contributed by atoms with E-state index in [1.165, 1.54) is 0 Å². The Hall–Kier alpha value is -3.03. The van der Waals surface area contributed by atoms with Crippen molar-refractivity contribution < 1.29 is 4.79 Å². The standard InChI is InChI=1S/C14H15N7O/c1-10-4-3-9-21-12(10)19-20-13(21)14(22)16-8-7-15-11-5-2-6-17-18-11/h2-6,9H,7-8H2,1H3,(H,15,18)(H,16,22). The van der Waals surface area contributed by atoms with E-state index in [-0.39, 0.29) is 11.7 Å². The summed E-state index contributed by atoms with van der Waals surface area (Å²) in [5.41, 5.74) is 1.66. The first-order valence-corrected chi connectivity index (χ1v) is 6.86. The summed E-state index contributed by atoms with van der Waals surface area (Å²) in [6, 6.07) is 7.39. The van der Waals surface area contributed by atoms with Gasteiger partial charge in [0.25, 0.3) is 5.91 Å². The lowest BCUT2D eigenvalue weighted by atomic mass is 10.3. The number of fused-ring (bicyclic) bond motifs is 1. The minimum atomic E-state index is -0.265. The Labute approximate surface area is 126 Å². The van der Waals surface area contributed by atoms with Crippen LogP contribution < -0.4 is 10.6 Å². The molecule has 8 heteroatoms. The zero-order valence-electron chi connectivity index (χ0n) is 12.0. The highest BCUT2D eigenvalue weighted by Gasteiger charge is 2.14. The summed E-state index contributed by atoms with van der Waals surface area (Å²) in [5, 5.41) is 21.5. The number of nitrogens with one attached hydrogen (secondary N) is 2. The highest BCUT2D eigenvalue weighted by atomic mass is 16.2. The number of pyridine rings is 1. The quantitative estimate of drug-likeness (QED) is 0.672. The molecule has 0 aliphatic rings. The lowest BCUT2D eigenvalue weighted by Gasteiger charge is -2.06. The zero-order chi connectivity index (χ0) is 15.4. The molecule has 1 amide bonds. The van der Waals surface area contributed by atoms with Crippen LogP contribution in [0.4, 0.5) is 5.82 Å². The molecule has 0 radical (unpaired) electrons. The van der Waals surface area contributed by atoms with Crippen molar-refractivity contribution in [2.45, 2.75) is 6.92 Å². The molecule has 22 heavy (non-hydrogen) atoms. The van der Waals surface area contributed by atoms with Gasteiger partial charge in [0, 0.05) is 25.5 Å². The summed E-state index contributed by atoms with van der Waals surface area (Å²) in [7, 11) is 0. The lowest BCUT2D eigenvalue weighted by Crippen LogP contribution is -2.30. The molecule has 0 saturated carbocycles. The van der Waals surface area contributed by atoms with Crippen LogP contribution in [0.5, 0.6) is 0 Å². The summed E-state index contributed by atoms with van der Waals surface area (Å²) < 4.78 is 1.68. The number of hydrogen-bond donors (Lipinski definition) is 2. The molecule has 0 aliphatic carbocycles. The van der Waals surface area contributed by atoms with E-state index in [1.807, 2.05) is 25.1 Å². The SMILES string of the molecule is Cc1cccn2c(C(=O)NCCNc3cccnn3)nnc12. The molecule has 3 heterocycles. The molecule has 0 spiro atoms. The Balaban J connectivity index is 1.59. The first kappa shape index (κ1) is 13.9. The molecule has 0 atom stereocenters. The Bertz CT molecular complexity index is 784. The number of amides is 1. The van der Waals surface area contributed by atoms with Gasteiger partial charge in [0.2, 0.25) is 5.82 Å². The Morgan fingerprint density at radius 1 is 1.18 bits per heavy atom. The van der Waals surface area contributed by atoms with E-state index in [9.17, 15) is 4.79 Å². The fraction of sp³-hybridized carbons (Fsp3) is 0.214. The number of rotatable bonds is 5. The smallest absolute Gasteiger partial charge is 0.289 e. The van der Waals surface area contributed by atoms with E-state index in [0.29, 0.717) is 24.6 Å². The van der Waals surface area contributed by atoms with Crippen LogP contribution >= 0.6 is 0 Å². The minimum Gasteiger partial charge on any atom is -0.367 e. The normalized spacial score (nSPS) is 10.6. The molecule has 2 N–H and O–H groups in total. The molecular weight excluding hydrogens is 282 g/mol. The van der Waals surface area contributed by atoms with Crippen LogP contribution in [0.2, 0.25) is 0 Å². The van der Waals surface area contributed by atoms with E-state index >= 15 is 0 Å². The minimum absolute atomic E-state index is 0.265. The van der Waals surface area contributed by atoms with Gasteiger partial charge in [-0.25, -0.2) is 0 Å². The van der Waals surface area contributed by atoms with Crippen molar-refractivity contribution in [1.82, 2.24) is 30.1 Å². The van der Waals surface area contributed by atoms with Crippen LogP contribution in [0.1, 0.15) is 16.2 Å². The summed E-state index contributed by atoms with van der Waals surface area (Å²) >= 11 is 0. The van der Waals surface area contributed by atoms with Gasteiger partial charge in [-0.1, -0.05) is 6.07 Å². The first-order valence-electron chi connectivity index (χ1n) is 6.86. The van der Waals surface area contributed by atoms with Crippen molar-refractivity contribution in [1.29, 1.82) is 0 Å². The van der Waals surface area contributed by atoms with E-state index in [2.05, 4.69) is 31.0 Å².